The lowest BCUT2D eigenvalue weighted by Crippen LogP contribution is -2.51. The van der Waals surface area contributed by atoms with Gasteiger partial charge < -0.3 is 26.4 Å². The Morgan fingerprint density at radius 1 is 1.21 bits per heavy atom. The summed E-state index contributed by atoms with van der Waals surface area (Å²) in [5.41, 5.74) is 5.25. The van der Waals surface area contributed by atoms with E-state index in [1.807, 2.05) is 0 Å². The SMILES string of the molecule is CC(O)N(C(C)O)C(O)CNCCN. The van der Waals surface area contributed by atoms with E-state index >= 15 is 0 Å². The Balaban J connectivity index is 3.96. The zero-order valence-electron chi connectivity index (χ0n) is 8.72. The van der Waals surface area contributed by atoms with Crippen LogP contribution in [0.4, 0.5) is 0 Å². The summed E-state index contributed by atoms with van der Waals surface area (Å²) < 4.78 is 0. The van der Waals surface area contributed by atoms with Crippen LogP contribution in [-0.4, -0.2) is 58.5 Å². The lowest BCUT2D eigenvalue weighted by atomic mass is 10.3. The van der Waals surface area contributed by atoms with Crippen LogP contribution in [0.15, 0.2) is 0 Å². The Morgan fingerprint density at radius 3 is 2.07 bits per heavy atom. The highest BCUT2D eigenvalue weighted by molar-refractivity contribution is 4.66. The number of rotatable bonds is 7. The maximum absolute atomic E-state index is 9.58. The quantitative estimate of drug-likeness (QED) is 0.240. The number of aliphatic hydroxyl groups is 3. The number of nitrogens with one attached hydrogen (secondary N) is 1. The Hall–Kier alpha value is -0.240. The molecule has 0 spiro atoms. The molecule has 6 N–H and O–H groups in total. The van der Waals surface area contributed by atoms with Crippen LogP contribution in [0.1, 0.15) is 13.8 Å². The summed E-state index contributed by atoms with van der Waals surface area (Å²) in [5, 5.41) is 31.0. The number of hydrogen-bond acceptors (Lipinski definition) is 6. The molecule has 0 amide bonds. The third-order valence-corrected chi connectivity index (χ3v) is 1.86. The van der Waals surface area contributed by atoms with Crippen molar-refractivity contribution in [3.63, 3.8) is 0 Å². The van der Waals surface area contributed by atoms with Gasteiger partial charge in [0.05, 0.1) is 0 Å². The summed E-state index contributed by atoms with van der Waals surface area (Å²) in [7, 11) is 0. The van der Waals surface area contributed by atoms with Crippen LogP contribution >= 0.6 is 0 Å². The maximum atomic E-state index is 9.58. The van der Waals surface area contributed by atoms with E-state index < -0.39 is 18.7 Å². The van der Waals surface area contributed by atoms with Gasteiger partial charge in [-0.25, -0.2) is 4.90 Å². The van der Waals surface area contributed by atoms with E-state index in [9.17, 15) is 15.3 Å². The molecule has 3 unspecified atom stereocenters. The van der Waals surface area contributed by atoms with E-state index in [0.717, 1.165) is 0 Å². The van der Waals surface area contributed by atoms with Gasteiger partial charge in [-0.3, -0.25) is 0 Å². The number of hydrogen-bond donors (Lipinski definition) is 5. The molecule has 6 nitrogen and oxygen atoms in total. The molecule has 0 aromatic carbocycles. The molecule has 3 atom stereocenters. The highest BCUT2D eigenvalue weighted by Gasteiger charge is 2.23. The largest absolute Gasteiger partial charge is 0.379 e. The van der Waals surface area contributed by atoms with Gasteiger partial charge in [-0.05, 0) is 13.8 Å². The molecule has 14 heavy (non-hydrogen) atoms. The fourth-order valence-corrected chi connectivity index (χ4v) is 1.25. The number of nitrogens with two attached hydrogens (primary N) is 1. The first kappa shape index (κ1) is 13.8. The molecule has 86 valence electrons. The zero-order chi connectivity index (χ0) is 11.1. The van der Waals surface area contributed by atoms with Crippen molar-refractivity contribution in [2.45, 2.75) is 32.5 Å². The molecule has 6 heteroatoms. The van der Waals surface area contributed by atoms with E-state index in [0.29, 0.717) is 13.1 Å². The van der Waals surface area contributed by atoms with Crippen molar-refractivity contribution in [2.24, 2.45) is 5.73 Å². The van der Waals surface area contributed by atoms with Crippen molar-refractivity contribution < 1.29 is 15.3 Å². The molecular formula is C8H21N3O3. The summed E-state index contributed by atoms with van der Waals surface area (Å²) in [4.78, 5) is 1.18. The molecule has 0 heterocycles. The summed E-state index contributed by atoms with van der Waals surface area (Å²) in [6.45, 7) is 4.30. The zero-order valence-corrected chi connectivity index (χ0v) is 8.72. The summed E-state index contributed by atoms with van der Waals surface area (Å²) in [6.07, 6.45) is -2.73. The summed E-state index contributed by atoms with van der Waals surface area (Å²) in [5.74, 6) is 0. The first-order valence-corrected chi connectivity index (χ1v) is 4.73. The van der Waals surface area contributed by atoms with Crippen molar-refractivity contribution in [1.29, 1.82) is 0 Å². The van der Waals surface area contributed by atoms with Gasteiger partial charge in [0.2, 0.25) is 0 Å². The summed E-state index contributed by atoms with van der Waals surface area (Å²) >= 11 is 0. The molecule has 0 radical (unpaired) electrons. The monoisotopic (exact) mass is 207 g/mol. The fourth-order valence-electron chi connectivity index (χ4n) is 1.25. The highest BCUT2D eigenvalue weighted by Crippen LogP contribution is 2.04. The molecule has 0 saturated heterocycles. The van der Waals surface area contributed by atoms with Gasteiger partial charge in [-0.2, -0.15) is 0 Å². The van der Waals surface area contributed by atoms with Crippen LogP contribution in [0, 0.1) is 0 Å². The standard InChI is InChI=1S/C8H21N3O3/c1-6(12)11(7(2)13)8(14)5-10-4-3-9/h6-8,10,12-14H,3-5,9H2,1-2H3. The predicted octanol–water partition coefficient (Wildman–Crippen LogP) is -2.17. The predicted molar refractivity (Wildman–Crippen MR) is 53.1 cm³/mol. The second-order valence-corrected chi connectivity index (χ2v) is 3.18. The Morgan fingerprint density at radius 2 is 1.71 bits per heavy atom. The topological polar surface area (TPSA) is 102 Å². The second-order valence-electron chi connectivity index (χ2n) is 3.18. The van der Waals surface area contributed by atoms with Gasteiger partial charge in [-0.15, -0.1) is 0 Å². The van der Waals surface area contributed by atoms with Gasteiger partial charge in [0.25, 0.3) is 0 Å². The lowest BCUT2D eigenvalue weighted by Gasteiger charge is -2.32. The third kappa shape index (κ3) is 4.85. The van der Waals surface area contributed by atoms with Crippen molar-refractivity contribution in [2.75, 3.05) is 19.6 Å². The van der Waals surface area contributed by atoms with Crippen LogP contribution in [0.2, 0.25) is 0 Å². The first-order valence-electron chi connectivity index (χ1n) is 4.73. The van der Waals surface area contributed by atoms with Crippen molar-refractivity contribution >= 4 is 0 Å². The second kappa shape index (κ2) is 7.10. The summed E-state index contributed by atoms with van der Waals surface area (Å²) in [6, 6.07) is 0. The van der Waals surface area contributed by atoms with Crippen LogP contribution in [0.25, 0.3) is 0 Å². The van der Waals surface area contributed by atoms with Gasteiger partial charge in [0.1, 0.15) is 18.7 Å². The number of nitrogens with zero attached hydrogens (tertiary/aromatic N) is 1. The van der Waals surface area contributed by atoms with Crippen LogP contribution in [0.3, 0.4) is 0 Å². The minimum atomic E-state index is -0.929. The van der Waals surface area contributed by atoms with Gasteiger partial charge in [-0.1, -0.05) is 0 Å². The van der Waals surface area contributed by atoms with Crippen molar-refractivity contribution in [3.05, 3.63) is 0 Å². The molecule has 0 aromatic rings. The third-order valence-electron chi connectivity index (χ3n) is 1.86. The first-order chi connectivity index (χ1) is 6.50. The normalized spacial score (nSPS) is 18.2. The van der Waals surface area contributed by atoms with E-state index in [2.05, 4.69) is 5.32 Å². The van der Waals surface area contributed by atoms with Crippen molar-refractivity contribution in [1.82, 2.24) is 10.2 Å². The fraction of sp³-hybridized carbons (Fsp3) is 1.00. The van der Waals surface area contributed by atoms with E-state index in [1.54, 1.807) is 0 Å². The molecule has 0 bridgehead atoms. The van der Waals surface area contributed by atoms with E-state index in [-0.39, 0.29) is 6.54 Å². The van der Waals surface area contributed by atoms with Gasteiger partial charge >= 0.3 is 0 Å². The molecule has 0 aromatic heterocycles. The van der Waals surface area contributed by atoms with Gasteiger partial charge in [0.15, 0.2) is 0 Å². The van der Waals surface area contributed by atoms with Crippen LogP contribution < -0.4 is 11.1 Å². The molecule has 0 aliphatic rings. The molecular weight excluding hydrogens is 186 g/mol. The van der Waals surface area contributed by atoms with Crippen LogP contribution in [-0.2, 0) is 0 Å². The molecule has 0 saturated carbocycles. The smallest absolute Gasteiger partial charge is 0.123 e. The molecule has 0 aliphatic heterocycles. The van der Waals surface area contributed by atoms with E-state index in [4.69, 9.17) is 5.73 Å². The average molecular weight is 207 g/mol. The average Bonchev–Trinajstić information content (AvgIpc) is 2.03. The highest BCUT2D eigenvalue weighted by atomic mass is 16.4. The Kier molecular flexibility index (Phi) is 6.98. The van der Waals surface area contributed by atoms with Gasteiger partial charge in [0, 0.05) is 19.6 Å². The number of aliphatic hydroxyl groups excluding tert-OH is 3. The van der Waals surface area contributed by atoms with Crippen molar-refractivity contribution in [3.8, 4) is 0 Å². The molecule has 0 fully saturated rings. The maximum Gasteiger partial charge on any atom is 0.123 e. The molecule has 0 rings (SSSR count). The Bertz CT molecular complexity index is 136. The lowest BCUT2D eigenvalue weighted by molar-refractivity contribution is -0.164. The molecule has 0 aliphatic carbocycles. The van der Waals surface area contributed by atoms with E-state index in [1.165, 1.54) is 18.7 Å². The minimum absolute atomic E-state index is 0.257. The van der Waals surface area contributed by atoms with Crippen LogP contribution in [0.5, 0.6) is 0 Å². The minimum Gasteiger partial charge on any atom is -0.379 e. The Labute approximate surface area is 84.3 Å².